The van der Waals surface area contributed by atoms with Gasteiger partial charge >= 0.3 is 6.18 Å². The Balaban J connectivity index is 2.78. The summed E-state index contributed by atoms with van der Waals surface area (Å²) in [6, 6.07) is 3.24. The molecule has 0 aliphatic heterocycles. The maximum atomic E-state index is 12.1. The molecule has 0 amide bonds. The van der Waals surface area contributed by atoms with Crippen molar-refractivity contribution in [3.05, 3.63) is 23.9 Å². The molecule has 0 spiro atoms. The largest absolute Gasteiger partial charge is 0.390 e. The first-order chi connectivity index (χ1) is 7.81. The molecular formula is C11H16F3N3. The van der Waals surface area contributed by atoms with Crippen LogP contribution in [-0.2, 0) is 0 Å². The predicted molar refractivity (Wildman–Crippen MR) is 60.8 cm³/mol. The highest BCUT2D eigenvalue weighted by Gasteiger charge is 2.27. The fraction of sp³-hybridized carbons (Fsp3) is 0.545. The van der Waals surface area contributed by atoms with E-state index in [2.05, 4.69) is 4.98 Å². The third-order valence-electron chi connectivity index (χ3n) is 2.40. The molecule has 1 atom stereocenters. The molecule has 0 aliphatic rings. The fourth-order valence-corrected chi connectivity index (χ4v) is 1.48. The maximum Gasteiger partial charge on any atom is 0.390 e. The Morgan fingerprint density at radius 2 is 2.12 bits per heavy atom. The molecule has 3 nitrogen and oxygen atoms in total. The molecule has 0 saturated heterocycles. The summed E-state index contributed by atoms with van der Waals surface area (Å²) in [5.41, 5.74) is 6.49. The second-order valence-electron chi connectivity index (χ2n) is 3.99. The van der Waals surface area contributed by atoms with E-state index in [9.17, 15) is 13.2 Å². The topological polar surface area (TPSA) is 42.1 Å². The van der Waals surface area contributed by atoms with Gasteiger partial charge in [0.1, 0.15) is 5.82 Å². The van der Waals surface area contributed by atoms with E-state index >= 15 is 0 Å². The second kappa shape index (κ2) is 5.35. The number of anilines is 1. The zero-order valence-corrected chi connectivity index (χ0v) is 9.83. The Kier molecular flexibility index (Phi) is 4.34. The van der Waals surface area contributed by atoms with Crippen LogP contribution in [0.25, 0.3) is 0 Å². The summed E-state index contributed by atoms with van der Waals surface area (Å²) in [5, 5.41) is 0. The van der Waals surface area contributed by atoms with Crippen molar-refractivity contribution in [2.24, 2.45) is 5.73 Å². The number of halogens is 3. The molecule has 0 radical (unpaired) electrons. The van der Waals surface area contributed by atoms with Gasteiger partial charge < -0.3 is 10.6 Å². The summed E-state index contributed by atoms with van der Waals surface area (Å²) >= 11 is 0. The van der Waals surface area contributed by atoms with Crippen molar-refractivity contribution in [1.82, 2.24) is 4.98 Å². The second-order valence-corrected chi connectivity index (χ2v) is 3.99. The lowest BCUT2D eigenvalue weighted by molar-refractivity contribution is -0.132. The van der Waals surface area contributed by atoms with Gasteiger partial charge in [-0.25, -0.2) is 4.98 Å². The highest BCUT2D eigenvalue weighted by atomic mass is 19.4. The molecule has 17 heavy (non-hydrogen) atoms. The molecule has 0 bridgehead atoms. The van der Waals surface area contributed by atoms with Crippen molar-refractivity contribution < 1.29 is 13.2 Å². The normalized spacial score (nSPS) is 13.5. The average molecular weight is 247 g/mol. The van der Waals surface area contributed by atoms with Crippen LogP contribution in [0.4, 0.5) is 19.0 Å². The number of nitrogens with two attached hydrogens (primary N) is 1. The molecule has 2 N–H and O–H groups in total. The lowest BCUT2D eigenvalue weighted by Gasteiger charge is -2.22. The van der Waals surface area contributed by atoms with E-state index in [1.807, 2.05) is 0 Å². The van der Waals surface area contributed by atoms with Crippen LogP contribution in [0.3, 0.4) is 0 Å². The molecule has 0 saturated carbocycles. The Labute approximate surface area is 98.4 Å². The van der Waals surface area contributed by atoms with Gasteiger partial charge in [0.25, 0.3) is 0 Å². The molecule has 0 aromatic carbocycles. The monoisotopic (exact) mass is 247 g/mol. The molecule has 0 unspecified atom stereocenters. The van der Waals surface area contributed by atoms with Crippen LogP contribution in [0.15, 0.2) is 18.3 Å². The van der Waals surface area contributed by atoms with Crippen molar-refractivity contribution in [2.75, 3.05) is 18.5 Å². The highest BCUT2D eigenvalue weighted by molar-refractivity contribution is 5.47. The number of hydrogen-bond acceptors (Lipinski definition) is 3. The smallest absolute Gasteiger partial charge is 0.359 e. The minimum Gasteiger partial charge on any atom is -0.359 e. The Morgan fingerprint density at radius 3 is 2.65 bits per heavy atom. The van der Waals surface area contributed by atoms with E-state index in [1.165, 1.54) is 4.90 Å². The van der Waals surface area contributed by atoms with Gasteiger partial charge in [-0.15, -0.1) is 0 Å². The van der Waals surface area contributed by atoms with Gasteiger partial charge in [0.15, 0.2) is 0 Å². The first-order valence-electron chi connectivity index (χ1n) is 5.29. The lowest BCUT2D eigenvalue weighted by atomic mass is 10.1. The van der Waals surface area contributed by atoms with Crippen molar-refractivity contribution in [1.29, 1.82) is 0 Å². The van der Waals surface area contributed by atoms with Crippen molar-refractivity contribution in [3.8, 4) is 0 Å². The third-order valence-corrected chi connectivity index (χ3v) is 2.40. The zero-order valence-electron chi connectivity index (χ0n) is 9.83. The number of aromatic nitrogens is 1. The molecule has 1 heterocycles. The molecule has 1 aromatic rings. The summed E-state index contributed by atoms with van der Waals surface area (Å²) in [6.45, 7) is 1.65. The van der Waals surface area contributed by atoms with E-state index in [4.69, 9.17) is 5.73 Å². The zero-order chi connectivity index (χ0) is 13.1. The molecule has 1 rings (SSSR count). The van der Waals surface area contributed by atoms with Crippen molar-refractivity contribution >= 4 is 5.82 Å². The SMILES string of the molecule is C[C@@H](N)c1cccnc1N(C)CCC(F)(F)F. The third kappa shape index (κ3) is 4.22. The number of rotatable bonds is 4. The average Bonchev–Trinajstić information content (AvgIpc) is 2.25. The Hall–Kier alpha value is -1.30. The van der Waals surface area contributed by atoms with Crippen LogP contribution < -0.4 is 10.6 Å². The van der Waals surface area contributed by atoms with Crippen LogP contribution in [0.1, 0.15) is 24.9 Å². The number of nitrogens with zero attached hydrogens (tertiary/aromatic N) is 2. The van der Waals surface area contributed by atoms with Crippen LogP contribution in [0.5, 0.6) is 0 Å². The van der Waals surface area contributed by atoms with Gasteiger partial charge in [0, 0.05) is 31.4 Å². The van der Waals surface area contributed by atoms with Gasteiger partial charge in [0.05, 0.1) is 6.42 Å². The van der Waals surface area contributed by atoms with E-state index < -0.39 is 12.6 Å². The first-order valence-corrected chi connectivity index (χ1v) is 5.29. The van der Waals surface area contributed by atoms with E-state index in [-0.39, 0.29) is 12.6 Å². The predicted octanol–water partition coefficient (Wildman–Crippen LogP) is 2.49. The van der Waals surface area contributed by atoms with E-state index in [0.717, 1.165) is 5.56 Å². The maximum absolute atomic E-state index is 12.1. The van der Waals surface area contributed by atoms with Crippen molar-refractivity contribution in [2.45, 2.75) is 25.6 Å². The molecule has 96 valence electrons. The van der Waals surface area contributed by atoms with Gasteiger partial charge in [-0.1, -0.05) is 6.07 Å². The summed E-state index contributed by atoms with van der Waals surface area (Å²) in [6.07, 6.45) is -3.47. The van der Waals surface area contributed by atoms with Gasteiger partial charge in [-0.05, 0) is 13.0 Å². The molecule has 1 aromatic heterocycles. The molecular weight excluding hydrogens is 231 g/mol. The minimum absolute atomic E-state index is 0.125. The summed E-state index contributed by atoms with van der Waals surface area (Å²) in [7, 11) is 1.58. The van der Waals surface area contributed by atoms with Gasteiger partial charge in [-0.2, -0.15) is 13.2 Å². The summed E-state index contributed by atoms with van der Waals surface area (Å²) in [4.78, 5) is 5.56. The Bertz CT molecular complexity index is 363. The first kappa shape index (κ1) is 13.8. The lowest BCUT2D eigenvalue weighted by Crippen LogP contribution is -2.26. The standard InChI is InChI=1S/C11H16F3N3/c1-8(15)9-4-3-6-16-10(9)17(2)7-5-11(12,13)14/h3-4,6,8H,5,7,15H2,1-2H3/t8-/m1/s1. The van der Waals surface area contributed by atoms with Crippen molar-refractivity contribution in [3.63, 3.8) is 0 Å². The highest BCUT2D eigenvalue weighted by Crippen LogP contribution is 2.24. The van der Waals surface area contributed by atoms with Crippen LogP contribution in [-0.4, -0.2) is 24.8 Å². The van der Waals surface area contributed by atoms with E-state index in [1.54, 1.807) is 32.3 Å². The molecule has 6 heteroatoms. The van der Waals surface area contributed by atoms with Crippen LogP contribution in [0, 0.1) is 0 Å². The summed E-state index contributed by atoms with van der Waals surface area (Å²) < 4.78 is 36.4. The van der Waals surface area contributed by atoms with E-state index in [0.29, 0.717) is 5.82 Å². The Morgan fingerprint density at radius 1 is 1.47 bits per heavy atom. The number of hydrogen-bond donors (Lipinski definition) is 1. The number of alkyl halides is 3. The number of pyridine rings is 1. The van der Waals surface area contributed by atoms with Crippen LogP contribution in [0.2, 0.25) is 0 Å². The minimum atomic E-state index is -4.16. The quantitative estimate of drug-likeness (QED) is 0.888. The molecule has 0 aliphatic carbocycles. The molecule has 0 fully saturated rings. The van der Waals surface area contributed by atoms with Gasteiger partial charge in [0.2, 0.25) is 0 Å². The summed E-state index contributed by atoms with van der Waals surface area (Å²) in [5.74, 6) is 0.506. The fourth-order valence-electron chi connectivity index (χ4n) is 1.48. The van der Waals surface area contributed by atoms with Crippen LogP contribution >= 0.6 is 0 Å². The van der Waals surface area contributed by atoms with Gasteiger partial charge in [-0.3, -0.25) is 0 Å².